The third kappa shape index (κ3) is 6.24. The molecule has 30 heavy (non-hydrogen) atoms. The van der Waals surface area contributed by atoms with Gasteiger partial charge >= 0.3 is 5.97 Å². The predicted molar refractivity (Wildman–Crippen MR) is 121 cm³/mol. The Morgan fingerprint density at radius 3 is 2.10 bits per heavy atom. The maximum absolute atomic E-state index is 12.3. The van der Waals surface area contributed by atoms with Crippen LogP contribution < -0.4 is 4.74 Å². The van der Waals surface area contributed by atoms with Gasteiger partial charge in [-0.2, -0.15) is 0 Å². The molecule has 0 atom stereocenters. The Labute approximate surface area is 179 Å². The third-order valence-corrected chi connectivity index (χ3v) is 5.12. The van der Waals surface area contributed by atoms with Gasteiger partial charge in [0.2, 0.25) is 5.88 Å². The number of benzene rings is 2. The van der Waals surface area contributed by atoms with Crippen molar-refractivity contribution in [1.82, 2.24) is 9.97 Å². The molecule has 0 aliphatic heterocycles. The maximum atomic E-state index is 12.3. The summed E-state index contributed by atoms with van der Waals surface area (Å²) in [7, 11) is 0. The van der Waals surface area contributed by atoms with Crippen molar-refractivity contribution in [2.75, 3.05) is 0 Å². The van der Waals surface area contributed by atoms with Crippen LogP contribution >= 0.6 is 0 Å². The molecule has 3 rings (SSSR count). The topological polar surface area (TPSA) is 52.1 Å². The molecule has 0 fully saturated rings. The molecule has 0 unspecified atom stereocenters. The fraction of sp³-hybridized carbons (Fsp3) is 0.346. The predicted octanol–water partition coefficient (Wildman–Crippen LogP) is 6.44. The summed E-state index contributed by atoms with van der Waals surface area (Å²) >= 11 is 0. The SMILES string of the molecule is CCCCCCc1ccc(-c2cnc(OC(=O)c3ccc(CCC)cc3)cn2)cc1. The minimum Gasteiger partial charge on any atom is -0.402 e. The first-order chi connectivity index (χ1) is 14.7. The fourth-order valence-electron chi connectivity index (χ4n) is 3.37. The Morgan fingerprint density at radius 2 is 1.47 bits per heavy atom. The number of hydrogen-bond acceptors (Lipinski definition) is 4. The number of carbonyl (C=O) groups is 1. The molecule has 1 aromatic heterocycles. The van der Waals surface area contributed by atoms with Crippen molar-refractivity contribution in [3.63, 3.8) is 0 Å². The summed E-state index contributed by atoms with van der Waals surface area (Å²) in [5.74, 6) is -0.221. The van der Waals surface area contributed by atoms with Gasteiger partial charge in [-0.15, -0.1) is 0 Å². The lowest BCUT2D eigenvalue weighted by molar-refractivity contribution is 0.0727. The van der Waals surface area contributed by atoms with Crippen molar-refractivity contribution in [2.45, 2.75) is 58.8 Å². The zero-order valence-electron chi connectivity index (χ0n) is 17.9. The Morgan fingerprint density at radius 1 is 0.767 bits per heavy atom. The van der Waals surface area contributed by atoms with Crippen LogP contribution in [0.2, 0.25) is 0 Å². The van der Waals surface area contributed by atoms with Crippen LogP contribution in [0, 0.1) is 0 Å². The van der Waals surface area contributed by atoms with Crippen LogP contribution in [-0.2, 0) is 12.8 Å². The number of hydrogen-bond donors (Lipinski definition) is 0. The molecule has 0 radical (unpaired) electrons. The van der Waals surface area contributed by atoms with E-state index >= 15 is 0 Å². The van der Waals surface area contributed by atoms with Gasteiger partial charge < -0.3 is 4.74 Å². The van der Waals surface area contributed by atoms with Gasteiger partial charge in [-0.3, -0.25) is 0 Å². The number of aromatic nitrogens is 2. The molecule has 3 aromatic rings. The minimum absolute atomic E-state index is 0.203. The number of aryl methyl sites for hydroxylation is 2. The van der Waals surface area contributed by atoms with E-state index in [0.717, 1.165) is 30.5 Å². The molecule has 0 amide bonds. The number of ether oxygens (including phenoxy) is 1. The average molecular weight is 403 g/mol. The second kappa shape index (κ2) is 11.2. The van der Waals surface area contributed by atoms with Crippen molar-refractivity contribution in [1.29, 1.82) is 0 Å². The van der Waals surface area contributed by atoms with E-state index in [1.54, 1.807) is 18.3 Å². The molecule has 0 aliphatic rings. The van der Waals surface area contributed by atoms with Crippen LogP contribution in [0.3, 0.4) is 0 Å². The molecular formula is C26H30N2O2. The number of carbonyl (C=O) groups excluding carboxylic acids is 1. The van der Waals surface area contributed by atoms with E-state index in [9.17, 15) is 4.79 Å². The molecule has 0 N–H and O–H groups in total. The maximum Gasteiger partial charge on any atom is 0.344 e. The average Bonchev–Trinajstić information content (AvgIpc) is 2.78. The van der Waals surface area contributed by atoms with E-state index in [1.165, 1.54) is 43.0 Å². The lowest BCUT2D eigenvalue weighted by Gasteiger charge is -2.06. The van der Waals surface area contributed by atoms with E-state index in [1.807, 2.05) is 12.1 Å². The first-order valence-corrected chi connectivity index (χ1v) is 10.9. The van der Waals surface area contributed by atoms with Crippen molar-refractivity contribution < 1.29 is 9.53 Å². The quantitative estimate of drug-likeness (QED) is 0.289. The number of nitrogens with zero attached hydrogens (tertiary/aromatic N) is 2. The van der Waals surface area contributed by atoms with Gasteiger partial charge in [0.1, 0.15) is 0 Å². The van der Waals surface area contributed by atoms with E-state index in [2.05, 4.69) is 48.1 Å². The van der Waals surface area contributed by atoms with Crippen LogP contribution in [0.1, 0.15) is 67.4 Å². The Balaban J connectivity index is 1.57. The monoisotopic (exact) mass is 402 g/mol. The van der Waals surface area contributed by atoms with Crippen molar-refractivity contribution in [3.05, 3.63) is 77.6 Å². The highest BCUT2D eigenvalue weighted by Gasteiger charge is 2.10. The molecule has 0 spiro atoms. The summed E-state index contributed by atoms with van der Waals surface area (Å²) in [6.07, 6.45) is 11.4. The van der Waals surface area contributed by atoms with Gasteiger partial charge in [-0.25, -0.2) is 14.8 Å². The van der Waals surface area contributed by atoms with Gasteiger partial charge in [-0.05, 0) is 42.5 Å². The molecule has 4 nitrogen and oxygen atoms in total. The standard InChI is InChI=1S/C26H30N2O2/c1-3-5-6-7-9-21-10-14-22(15-11-21)24-18-28-25(19-27-24)30-26(29)23-16-12-20(8-4-2)13-17-23/h10-19H,3-9H2,1-2H3. The lowest BCUT2D eigenvalue weighted by atomic mass is 10.0. The number of esters is 1. The Bertz CT molecular complexity index is 917. The van der Waals surface area contributed by atoms with Crippen molar-refractivity contribution in [2.24, 2.45) is 0 Å². The highest BCUT2D eigenvalue weighted by atomic mass is 16.5. The summed E-state index contributed by atoms with van der Waals surface area (Å²) in [5, 5.41) is 0. The van der Waals surface area contributed by atoms with E-state index in [0.29, 0.717) is 5.56 Å². The van der Waals surface area contributed by atoms with E-state index in [4.69, 9.17) is 4.74 Å². The smallest absolute Gasteiger partial charge is 0.344 e. The second-order valence-electron chi connectivity index (χ2n) is 7.58. The van der Waals surface area contributed by atoms with E-state index < -0.39 is 5.97 Å². The molecule has 1 heterocycles. The highest BCUT2D eigenvalue weighted by molar-refractivity contribution is 5.90. The zero-order valence-corrected chi connectivity index (χ0v) is 17.9. The first kappa shape index (κ1) is 21.7. The van der Waals surface area contributed by atoms with Crippen LogP contribution in [0.25, 0.3) is 11.3 Å². The Kier molecular flexibility index (Phi) is 8.13. The van der Waals surface area contributed by atoms with Crippen LogP contribution in [0.4, 0.5) is 0 Å². The molecule has 0 saturated carbocycles. The van der Waals surface area contributed by atoms with E-state index in [-0.39, 0.29) is 5.88 Å². The van der Waals surface area contributed by atoms with Gasteiger partial charge in [0.15, 0.2) is 0 Å². The normalized spacial score (nSPS) is 10.7. The van der Waals surface area contributed by atoms with Crippen LogP contribution in [0.15, 0.2) is 60.9 Å². The molecular weight excluding hydrogens is 372 g/mol. The fourth-order valence-corrected chi connectivity index (χ4v) is 3.37. The minimum atomic E-state index is -0.424. The zero-order chi connectivity index (χ0) is 21.2. The molecule has 0 bridgehead atoms. The second-order valence-corrected chi connectivity index (χ2v) is 7.58. The summed E-state index contributed by atoms with van der Waals surface area (Å²) in [6.45, 7) is 4.36. The summed E-state index contributed by atoms with van der Waals surface area (Å²) in [4.78, 5) is 21.0. The van der Waals surface area contributed by atoms with Crippen LogP contribution in [0.5, 0.6) is 5.88 Å². The highest BCUT2D eigenvalue weighted by Crippen LogP contribution is 2.20. The largest absolute Gasteiger partial charge is 0.402 e. The number of unbranched alkanes of at least 4 members (excludes halogenated alkanes) is 3. The summed E-state index contributed by atoms with van der Waals surface area (Å²) in [5.41, 5.74) is 4.83. The summed E-state index contributed by atoms with van der Waals surface area (Å²) < 4.78 is 5.36. The Hall–Kier alpha value is -3.01. The van der Waals surface area contributed by atoms with Gasteiger partial charge in [0.25, 0.3) is 0 Å². The van der Waals surface area contributed by atoms with Crippen LogP contribution in [-0.4, -0.2) is 15.9 Å². The van der Waals surface area contributed by atoms with Crippen molar-refractivity contribution in [3.8, 4) is 17.1 Å². The third-order valence-electron chi connectivity index (χ3n) is 5.12. The molecule has 2 aromatic carbocycles. The lowest BCUT2D eigenvalue weighted by Crippen LogP contribution is -2.09. The molecule has 0 aliphatic carbocycles. The summed E-state index contributed by atoms with van der Waals surface area (Å²) in [6, 6.07) is 16.0. The van der Waals surface area contributed by atoms with Gasteiger partial charge in [-0.1, -0.05) is 75.9 Å². The number of rotatable bonds is 10. The molecule has 0 saturated heterocycles. The van der Waals surface area contributed by atoms with Gasteiger partial charge in [0, 0.05) is 5.56 Å². The first-order valence-electron chi connectivity index (χ1n) is 10.9. The molecule has 4 heteroatoms. The van der Waals surface area contributed by atoms with Gasteiger partial charge in [0.05, 0.1) is 23.7 Å². The molecule has 156 valence electrons. The van der Waals surface area contributed by atoms with Crippen molar-refractivity contribution >= 4 is 5.97 Å².